The molecule has 2 saturated heterocycles. The fraction of sp³-hybridized carbons (Fsp3) is 0.905. The zero-order valence-electron chi connectivity index (χ0n) is 16.2. The largest absolute Gasteiger partial charge is 0.342 e. The second-order valence-corrected chi connectivity index (χ2v) is 9.09. The molecule has 5 heteroatoms. The van der Waals surface area contributed by atoms with E-state index >= 15 is 0 Å². The van der Waals surface area contributed by atoms with Gasteiger partial charge in [-0.1, -0.05) is 19.3 Å². The van der Waals surface area contributed by atoms with E-state index in [1.807, 2.05) is 0 Å². The molecule has 3 unspecified atom stereocenters. The third-order valence-electron chi connectivity index (χ3n) is 7.36. The molecule has 26 heavy (non-hydrogen) atoms. The van der Waals surface area contributed by atoms with E-state index in [4.69, 9.17) is 0 Å². The first-order valence-electron chi connectivity index (χ1n) is 11.0. The normalized spacial score (nSPS) is 32.7. The molecule has 2 aliphatic heterocycles. The first kappa shape index (κ1) is 18.3. The minimum Gasteiger partial charge on any atom is -0.342 e. The molecular weight excluding hydrogens is 326 g/mol. The summed E-state index contributed by atoms with van der Waals surface area (Å²) in [5, 5.41) is 0. The lowest BCUT2D eigenvalue weighted by Gasteiger charge is -2.36. The smallest absolute Gasteiger partial charge is 0.236 e. The standard InChI is InChI=1S/C21H35N3O2/c25-20(15-19-14-17-5-6-18(19)13-17)24-11-9-22(10-12-24)16-21(26)23-7-3-1-2-4-8-23/h17-19H,1-16H2. The molecule has 0 spiro atoms. The van der Waals surface area contributed by atoms with Gasteiger partial charge in [0.2, 0.25) is 11.8 Å². The van der Waals surface area contributed by atoms with Gasteiger partial charge in [-0.15, -0.1) is 0 Å². The van der Waals surface area contributed by atoms with Crippen molar-refractivity contribution >= 4 is 11.8 Å². The van der Waals surface area contributed by atoms with E-state index in [1.165, 1.54) is 38.5 Å². The van der Waals surface area contributed by atoms with Crippen LogP contribution < -0.4 is 0 Å². The minimum absolute atomic E-state index is 0.286. The number of carbonyl (C=O) groups excluding carboxylic acids is 2. The molecule has 3 atom stereocenters. The number of amides is 2. The highest BCUT2D eigenvalue weighted by Gasteiger charge is 2.40. The number of nitrogens with zero attached hydrogens (tertiary/aromatic N) is 3. The molecule has 4 rings (SSSR count). The molecule has 2 heterocycles. The van der Waals surface area contributed by atoms with Gasteiger partial charge >= 0.3 is 0 Å². The van der Waals surface area contributed by atoms with Crippen LogP contribution in [0.4, 0.5) is 0 Å². The lowest BCUT2D eigenvalue weighted by Crippen LogP contribution is -2.52. The fourth-order valence-corrected chi connectivity index (χ4v) is 5.75. The van der Waals surface area contributed by atoms with Gasteiger partial charge in [-0.2, -0.15) is 0 Å². The van der Waals surface area contributed by atoms with Gasteiger partial charge in [-0.3, -0.25) is 14.5 Å². The molecule has 0 N–H and O–H groups in total. The first-order chi connectivity index (χ1) is 12.7. The molecule has 146 valence electrons. The molecule has 0 radical (unpaired) electrons. The molecule has 2 amide bonds. The Morgan fingerprint density at radius 2 is 1.42 bits per heavy atom. The molecule has 0 aromatic rings. The zero-order valence-corrected chi connectivity index (χ0v) is 16.2. The van der Waals surface area contributed by atoms with Gasteiger partial charge in [-0.05, 0) is 49.9 Å². The average Bonchev–Trinajstić information content (AvgIpc) is 3.15. The SMILES string of the molecule is O=C(CC1CC2CCC1C2)N1CCN(CC(=O)N2CCCCCC2)CC1. The Kier molecular flexibility index (Phi) is 5.82. The second-order valence-electron chi connectivity index (χ2n) is 9.09. The van der Waals surface area contributed by atoms with Crippen LogP contribution >= 0.6 is 0 Å². The van der Waals surface area contributed by atoms with Crippen LogP contribution in [0.15, 0.2) is 0 Å². The number of likely N-dealkylation sites (tertiary alicyclic amines) is 1. The Labute approximate surface area is 158 Å². The van der Waals surface area contributed by atoms with Crippen LogP contribution in [0.1, 0.15) is 57.8 Å². The van der Waals surface area contributed by atoms with E-state index in [2.05, 4.69) is 14.7 Å². The Bertz CT molecular complexity index is 507. The molecule has 2 bridgehead atoms. The second kappa shape index (κ2) is 8.28. The van der Waals surface area contributed by atoms with Crippen LogP contribution in [0.5, 0.6) is 0 Å². The third-order valence-corrected chi connectivity index (χ3v) is 7.36. The van der Waals surface area contributed by atoms with Crippen LogP contribution in [-0.4, -0.2) is 72.3 Å². The monoisotopic (exact) mass is 361 g/mol. The minimum atomic E-state index is 0.286. The fourth-order valence-electron chi connectivity index (χ4n) is 5.75. The molecule has 0 aromatic heterocycles. The number of piperazine rings is 1. The van der Waals surface area contributed by atoms with Gasteiger partial charge < -0.3 is 9.80 Å². The van der Waals surface area contributed by atoms with Crippen molar-refractivity contribution in [1.82, 2.24) is 14.7 Å². The first-order valence-corrected chi connectivity index (χ1v) is 11.0. The van der Waals surface area contributed by atoms with Gasteiger partial charge in [0.15, 0.2) is 0 Å². The predicted octanol–water partition coefficient (Wildman–Crippen LogP) is 2.36. The van der Waals surface area contributed by atoms with Gasteiger partial charge in [0.1, 0.15) is 0 Å². The Hall–Kier alpha value is -1.10. The van der Waals surface area contributed by atoms with E-state index in [1.54, 1.807) is 0 Å². The summed E-state index contributed by atoms with van der Waals surface area (Å²) in [5.74, 6) is 3.05. The number of hydrogen-bond acceptors (Lipinski definition) is 3. The van der Waals surface area contributed by atoms with Crippen molar-refractivity contribution < 1.29 is 9.59 Å². The summed E-state index contributed by atoms with van der Waals surface area (Å²) < 4.78 is 0. The van der Waals surface area contributed by atoms with Crippen LogP contribution in [0, 0.1) is 17.8 Å². The van der Waals surface area contributed by atoms with Crippen molar-refractivity contribution in [2.24, 2.45) is 17.8 Å². The Morgan fingerprint density at radius 3 is 2.04 bits per heavy atom. The summed E-state index contributed by atoms with van der Waals surface area (Å²) in [7, 11) is 0. The van der Waals surface area contributed by atoms with Gasteiger partial charge in [0.05, 0.1) is 6.54 Å². The van der Waals surface area contributed by atoms with E-state index in [0.29, 0.717) is 18.4 Å². The topological polar surface area (TPSA) is 43.9 Å². The van der Waals surface area contributed by atoms with Crippen LogP contribution in [0.2, 0.25) is 0 Å². The van der Waals surface area contributed by atoms with Gasteiger partial charge in [0.25, 0.3) is 0 Å². The van der Waals surface area contributed by atoms with Crippen molar-refractivity contribution in [3.8, 4) is 0 Å². The molecule has 4 aliphatic rings. The lowest BCUT2D eigenvalue weighted by atomic mass is 9.86. The van der Waals surface area contributed by atoms with Crippen molar-refractivity contribution in [1.29, 1.82) is 0 Å². The summed E-state index contributed by atoms with van der Waals surface area (Å²) in [6.45, 7) is 5.69. The maximum Gasteiger partial charge on any atom is 0.236 e. The lowest BCUT2D eigenvalue weighted by molar-refractivity contribution is -0.136. The molecule has 2 saturated carbocycles. The highest BCUT2D eigenvalue weighted by Crippen LogP contribution is 2.49. The van der Waals surface area contributed by atoms with Crippen molar-refractivity contribution in [3.63, 3.8) is 0 Å². The van der Waals surface area contributed by atoms with Crippen LogP contribution in [0.25, 0.3) is 0 Å². The molecule has 2 aliphatic carbocycles. The summed E-state index contributed by atoms with van der Waals surface area (Å²) in [6.07, 6.45) is 11.0. The van der Waals surface area contributed by atoms with E-state index in [-0.39, 0.29) is 5.91 Å². The maximum absolute atomic E-state index is 12.7. The molecule has 4 fully saturated rings. The summed E-state index contributed by atoms with van der Waals surface area (Å²) >= 11 is 0. The summed E-state index contributed by atoms with van der Waals surface area (Å²) in [6, 6.07) is 0. The maximum atomic E-state index is 12.7. The zero-order chi connectivity index (χ0) is 17.9. The van der Waals surface area contributed by atoms with Gasteiger partial charge in [0, 0.05) is 45.7 Å². The molecular formula is C21H35N3O2. The Balaban J connectivity index is 1.19. The summed E-state index contributed by atoms with van der Waals surface area (Å²) in [4.78, 5) is 31.6. The van der Waals surface area contributed by atoms with Crippen LogP contribution in [0.3, 0.4) is 0 Å². The number of rotatable bonds is 4. The number of carbonyl (C=O) groups is 2. The van der Waals surface area contributed by atoms with E-state index in [9.17, 15) is 9.59 Å². The highest BCUT2D eigenvalue weighted by atomic mass is 16.2. The van der Waals surface area contributed by atoms with Crippen LogP contribution in [-0.2, 0) is 9.59 Å². The van der Waals surface area contributed by atoms with Crippen molar-refractivity contribution in [2.75, 3.05) is 45.8 Å². The van der Waals surface area contributed by atoms with E-state index in [0.717, 1.165) is 70.4 Å². The average molecular weight is 362 g/mol. The van der Waals surface area contributed by atoms with Crippen molar-refractivity contribution in [2.45, 2.75) is 57.8 Å². The molecule has 5 nitrogen and oxygen atoms in total. The third kappa shape index (κ3) is 4.24. The van der Waals surface area contributed by atoms with Crippen molar-refractivity contribution in [3.05, 3.63) is 0 Å². The highest BCUT2D eigenvalue weighted by molar-refractivity contribution is 5.78. The predicted molar refractivity (Wildman–Crippen MR) is 102 cm³/mol. The Morgan fingerprint density at radius 1 is 0.731 bits per heavy atom. The summed E-state index contributed by atoms with van der Waals surface area (Å²) in [5.41, 5.74) is 0. The number of hydrogen-bond donors (Lipinski definition) is 0. The quantitative estimate of drug-likeness (QED) is 0.772. The molecule has 0 aromatic carbocycles. The number of fused-ring (bicyclic) bond motifs is 2. The van der Waals surface area contributed by atoms with E-state index < -0.39 is 0 Å². The van der Waals surface area contributed by atoms with Gasteiger partial charge in [-0.25, -0.2) is 0 Å².